The van der Waals surface area contributed by atoms with Gasteiger partial charge in [0.2, 0.25) is 0 Å². The molecule has 0 aliphatic carbocycles. The zero-order valence-corrected chi connectivity index (χ0v) is 6.23. The topological polar surface area (TPSA) is 20.2 Å². The van der Waals surface area contributed by atoms with Crippen LogP contribution in [0, 0.1) is 0 Å². The van der Waals surface area contributed by atoms with Crippen molar-refractivity contribution in [2.75, 3.05) is 0 Å². The highest BCUT2D eigenvalue weighted by molar-refractivity contribution is 4.84. The molecule has 0 heterocycles. The molecule has 4 heteroatoms. The molecule has 66 valence electrons. The Kier molecular flexibility index (Phi) is 4.18. The third kappa shape index (κ3) is 4.84. The van der Waals surface area contributed by atoms with Gasteiger partial charge in [0.15, 0.2) is 6.10 Å². The van der Waals surface area contributed by atoms with E-state index >= 15 is 0 Å². The number of alkyl halides is 3. The van der Waals surface area contributed by atoms with Crippen LogP contribution in [0.2, 0.25) is 0 Å². The predicted molar refractivity (Wildman–Crippen MR) is 36.1 cm³/mol. The first-order valence-electron chi connectivity index (χ1n) is 3.38. The van der Waals surface area contributed by atoms with Crippen molar-refractivity contribution in [3.05, 3.63) is 12.2 Å². The molecule has 0 fully saturated rings. The van der Waals surface area contributed by atoms with Crippen molar-refractivity contribution in [3.8, 4) is 0 Å². The lowest BCUT2D eigenvalue weighted by atomic mass is 10.2. The van der Waals surface area contributed by atoms with Crippen LogP contribution in [-0.4, -0.2) is 17.4 Å². The van der Waals surface area contributed by atoms with E-state index in [0.717, 1.165) is 0 Å². The van der Waals surface area contributed by atoms with Crippen LogP contribution in [0.1, 0.15) is 19.8 Å². The van der Waals surface area contributed by atoms with Crippen LogP contribution in [0.5, 0.6) is 0 Å². The average Bonchev–Trinajstić information content (AvgIpc) is 1.86. The molecule has 0 radical (unpaired) electrons. The Hall–Kier alpha value is -0.510. The number of halogens is 3. The molecule has 1 atom stereocenters. The van der Waals surface area contributed by atoms with E-state index in [-0.39, 0.29) is 6.42 Å². The Morgan fingerprint density at radius 3 is 2.27 bits per heavy atom. The number of hydrogen-bond donors (Lipinski definition) is 1. The molecule has 0 saturated carbocycles. The molecule has 0 aliphatic heterocycles. The van der Waals surface area contributed by atoms with Gasteiger partial charge in [0.05, 0.1) is 0 Å². The molecule has 0 aromatic carbocycles. The van der Waals surface area contributed by atoms with Gasteiger partial charge < -0.3 is 5.11 Å². The fourth-order valence-electron chi connectivity index (χ4n) is 0.525. The second-order valence-corrected chi connectivity index (χ2v) is 2.17. The van der Waals surface area contributed by atoms with E-state index in [2.05, 4.69) is 0 Å². The molecule has 0 spiro atoms. The molecule has 0 aromatic heterocycles. The molecule has 0 amide bonds. The predicted octanol–water partition coefficient (Wildman–Crippen LogP) is 2.27. The van der Waals surface area contributed by atoms with Crippen molar-refractivity contribution in [2.45, 2.75) is 32.0 Å². The number of rotatable bonds is 3. The van der Waals surface area contributed by atoms with Gasteiger partial charge in [-0.25, -0.2) is 0 Å². The van der Waals surface area contributed by atoms with E-state index in [4.69, 9.17) is 5.11 Å². The van der Waals surface area contributed by atoms with Crippen LogP contribution in [0.3, 0.4) is 0 Å². The quantitative estimate of drug-likeness (QED) is 0.641. The molecule has 1 N–H and O–H groups in total. The Bertz CT molecular complexity index is 128. The summed E-state index contributed by atoms with van der Waals surface area (Å²) in [4.78, 5) is 0. The van der Waals surface area contributed by atoms with Crippen molar-refractivity contribution in [3.63, 3.8) is 0 Å². The maximum absolute atomic E-state index is 11.6. The molecule has 0 rings (SSSR count). The van der Waals surface area contributed by atoms with E-state index in [1.54, 1.807) is 6.08 Å². The molecular weight excluding hydrogens is 157 g/mol. The van der Waals surface area contributed by atoms with E-state index < -0.39 is 12.3 Å². The van der Waals surface area contributed by atoms with Crippen molar-refractivity contribution >= 4 is 0 Å². The van der Waals surface area contributed by atoms with Gasteiger partial charge in [-0.05, 0) is 6.42 Å². The van der Waals surface area contributed by atoms with Crippen LogP contribution in [0.4, 0.5) is 13.2 Å². The summed E-state index contributed by atoms with van der Waals surface area (Å²) < 4.78 is 34.8. The maximum atomic E-state index is 11.6. The number of aliphatic hydroxyl groups is 1. The number of hydrogen-bond acceptors (Lipinski definition) is 1. The maximum Gasteiger partial charge on any atom is 0.414 e. The Labute approximate surface area is 63.5 Å². The summed E-state index contributed by atoms with van der Waals surface area (Å²) in [5.74, 6) is 0. The molecule has 0 bridgehead atoms. The molecular formula is C7H11F3O. The average molecular weight is 168 g/mol. The first-order valence-corrected chi connectivity index (χ1v) is 3.38. The second-order valence-electron chi connectivity index (χ2n) is 2.17. The van der Waals surface area contributed by atoms with Gasteiger partial charge in [0, 0.05) is 6.42 Å². The zero-order chi connectivity index (χ0) is 8.91. The van der Waals surface area contributed by atoms with Crippen LogP contribution in [-0.2, 0) is 0 Å². The van der Waals surface area contributed by atoms with Gasteiger partial charge in [-0.2, -0.15) is 13.2 Å². The smallest absolute Gasteiger partial charge is 0.383 e. The van der Waals surface area contributed by atoms with Crippen LogP contribution in [0.15, 0.2) is 12.2 Å². The van der Waals surface area contributed by atoms with Crippen molar-refractivity contribution in [1.82, 2.24) is 0 Å². The van der Waals surface area contributed by atoms with Gasteiger partial charge in [0.1, 0.15) is 0 Å². The highest BCUT2D eigenvalue weighted by Gasteiger charge is 2.36. The highest BCUT2D eigenvalue weighted by Crippen LogP contribution is 2.22. The van der Waals surface area contributed by atoms with E-state index in [1.807, 2.05) is 6.92 Å². The Morgan fingerprint density at radius 1 is 1.36 bits per heavy atom. The van der Waals surface area contributed by atoms with Crippen molar-refractivity contribution in [2.24, 2.45) is 0 Å². The standard InChI is InChI=1S/C7H11F3O/c1-2-3-4-5-6(11)7(8,9)10/h3-4,6,11H,2,5H2,1H3/b4-3-. The van der Waals surface area contributed by atoms with Gasteiger partial charge >= 0.3 is 6.18 Å². The fourth-order valence-corrected chi connectivity index (χ4v) is 0.525. The fraction of sp³-hybridized carbons (Fsp3) is 0.714. The van der Waals surface area contributed by atoms with Crippen LogP contribution in [0.25, 0.3) is 0 Å². The second kappa shape index (κ2) is 4.38. The molecule has 1 unspecified atom stereocenters. The largest absolute Gasteiger partial charge is 0.414 e. The third-order valence-corrected chi connectivity index (χ3v) is 1.14. The summed E-state index contributed by atoms with van der Waals surface area (Å²) in [6.07, 6.45) is -3.45. The van der Waals surface area contributed by atoms with Crippen molar-refractivity contribution < 1.29 is 18.3 Å². The molecule has 1 nitrogen and oxygen atoms in total. The minimum Gasteiger partial charge on any atom is -0.383 e. The summed E-state index contributed by atoms with van der Waals surface area (Å²) in [5, 5.41) is 8.44. The summed E-state index contributed by atoms with van der Waals surface area (Å²) in [7, 11) is 0. The summed E-state index contributed by atoms with van der Waals surface area (Å²) >= 11 is 0. The minimum absolute atomic E-state index is 0.350. The first kappa shape index (κ1) is 10.5. The van der Waals surface area contributed by atoms with Gasteiger partial charge in [-0.3, -0.25) is 0 Å². The molecule has 0 aromatic rings. The van der Waals surface area contributed by atoms with E-state index in [1.165, 1.54) is 6.08 Å². The Balaban J connectivity index is 3.69. The SMILES string of the molecule is CC/C=C\CC(O)C(F)(F)F. The van der Waals surface area contributed by atoms with E-state index in [9.17, 15) is 13.2 Å². The van der Waals surface area contributed by atoms with Crippen molar-refractivity contribution in [1.29, 1.82) is 0 Å². The van der Waals surface area contributed by atoms with Gasteiger partial charge in [0.25, 0.3) is 0 Å². The summed E-state index contributed by atoms with van der Waals surface area (Å²) in [5.41, 5.74) is 0. The lowest BCUT2D eigenvalue weighted by Gasteiger charge is -2.11. The molecule has 0 saturated heterocycles. The number of aliphatic hydroxyl groups excluding tert-OH is 1. The van der Waals surface area contributed by atoms with Crippen LogP contribution >= 0.6 is 0 Å². The minimum atomic E-state index is -4.49. The van der Waals surface area contributed by atoms with Gasteiger partial charge in [-0.15, -0.1) is 0 Å². The van der Waals surface area contributed by atoms with Crippen LogP contribution < -0.4 is 0 Å². The summed E-state index contributed by atoms with van der Waals surface area (Å²) in [6, 6.07) is 0. The third-order valence-electron chi connectivity index (χ3n) is 1.14. The number of allylic oxidation sites excluding steroid dienone is 1. The lowest BCUT2D eigenvalue weighted by molar-refractivity contribution is -0.202. The molecule has 0 aliphatic rings. The molecule has 11 heavy (non-hydrogen) atoms. The highest BCUT2D eigenvalue weighted by atomic mass is 19.4. The van der Waals surface area contributed by atoms with Gasteiger partial charge in [-0.1, -0.05) is 19.1 Å². The monoisotopic (exact) mass is 168 g/mol. The van der Waals surface area contributed by atoms with E-state index in [0.29, 0.717) is 6.42 Å². The lowest BCUT2D eigenvalue weighted by Crippen LogP contribution is -2.27. The summed E-state index contributed by atoms with van der Waals surface area (Å²) in [6.45, 7) is 1.82. The zero-order valence-electron chi connectivity index (χ0n) is 6.23. The normalized spacial score (nSPS) is 15.7. The first-order chi connectivity index (χ1) is 4.98. The Morgan fingerprint density at radius 2 is 1.91 bits per heavy atom.